The van der Waals surface area contributed by atoms with E-state index in [1.807, 2.05) is 9.47 Å². The number of carbonyl (C=O) groups is 1. The predicted molar refractivity (Wildman–Crippen MR) is 65.4 cm³/mol. The quantitative estimate of drug-likeness (QED) is 0.809. The summed E-state index contributed by atoms with van der Waals surface area (Å²) in [6.07, 6.45) is 6.17. The van der Waals surface area contributed by atoms with Crippen LogP contribution in [0.3, 0.4) is 0 Å². The molecule has 0 radical (unpaired) electrons. The van der Waals surface area contributed by atoms with Crippen molar-refractivity contribution in [3.05, 3.63) is 12.7 Å². The Morgan fingerprint density at radius 1 is 1.22 bits per heavy atom. The molecule has 3 rings (SSSR count). The summed E-state index contributed by atoms with van der Waals surface area (Å²) < 4.78 is 1.84. The summed E-state index contributed by atoms with van der Waals surface area (Å²) in [4.78, 5) is 14.1. The first-order chi connectivity index (χ1) is 8.74. The molecule has 1 aliphatic heterocycles. The van der Waals surface area contributed by atoms with E-state index in [2.05, 4.69) is 10.2 Å². The lowest BCUT2D eigenvalue weighted by molar-refractivity contribution is -0.133. The second-order valence-electron chi connectivity index (χ2n) is 5.42. The number of likely N-dealkylation sites (tertiary alicyclic amines) is 1. The maximum atomic E-state index is 12.1. The zero-order valence-electron chi connectivity index (χ0n) is 10.4. The van der Waals surface area contributed by atoms with Gasteiger partial charge in [-0.05, 0) is 24.7 Å². The molecule has 6 nitrogen and oxygen atoms in total. The minimum absolute atomic E-state index is 0.229. The molecule has 2 heterocycles. The van der Waals surface area contributed by atoms with Crippen LogP contribution in [-0.2, 0) is 11.3 Å². The van der Waals surface area contributed by atoms with Crippen molar-refractivity contribution in [3.63, 3.8) is 0 Å². The lowest BCUT2D eigenvalue weighted by atomic mass is 9.93. The van der Waals surface area contributed by atoms with Gasteiger partial charge in [0.2, 0.25) is 5.91 Å². The molecule has 1 saturated heterocycles. The highest BCUT2D eigenvalue weighted by Gasteiger charge is 2.40. The van der Waals surface area contributed by atoms with Gasteiger partial charge in [-0.1, -0.05) is 0 Å². The Kier molecular flexibility index (Phi) is 3.03. The van der Waals surface area contributed by atoms with E-state index in [-0.39, 0.29) is 5.91 Å². The third kappa shape index (κ3) is 2.12. The summed E-state index contributed by atoms with van der Waals surface area (Å²) in [5.41, 5.74) is 6.14. The first-order valence-corrected chi connectivity index (χ1v) is 6.60. The molecule has 0 spiro atoms. The van der Waals surface area contributed by atoms with Crippen LogP contribution in [0, 0.1) is 11.8 Å². The average Bonchev–Trinajstić information content (AvgIpc) is 2.93. The number of aryl methyl sites for hydroxylation is 1. The van der Waals surface area contributed by atoms with Crippen LogP contribution in [0.4, 0.5) is 0 Å². The number of nitrogens with two attached hydrogens (primary N) is 1. The molecule has 2 fully saturated rings. The van der Waals surface area contributed by atoms with E-state index in [0.29, 0.717) is 30.8 Å². The van der Waals surface area contributed by atoms with Gasteiger partial charge in [-0.3, -0.25) is 4.79 Å². The summed E-state index contributed by atoms with van der Waals surface area (Å²) in [5.74, 6) is 1.26. The molecule has 1 amide bonds. The van der Waals surface area contributed by atoms with Gasteiger partial charge in [-0.2, -0.15) is 0 Å². The van der Waals surface area contributed by atoms with Gasteiger partial charge in [0.05, 0.1) is 0 Å². The minimum atomic E-state index is 0.229. The monoisotopic (exact) mass is 249 g/mol. The van der Waals surface area contributed by atoms with Crippen molar-refractivity contribution in [2.24, 2.45) is 17.6 Å². The Hall–Kier alpha value is -1.43. The van der Waals surface area contributed by atoms with Crippen LogP contribution >= 0.6 is 0 Å². The minimum Gasteiger partial charge on any atom is -0.342 e. The highest BCUT2D eigenvalue weighted by Crippen LogP contribution is 2.35. The molecule has 98 valence electrons. The van der Waals surface area contributed by atoms with Crippen molar-refractivity contribution in [1.29, 1.82) is 0 Å². The van der Waals surface area contributed by atoms with E-state index < -0.39 is 0 Å². The van der Waals surface area contributed by atoms with Crippen LogP contribution in [0.15, 0.2) is 12.7 Å². The third-order valence-corrected chi connectivity index (χ3v) is 4.31. The van der Waals surface area contributed by atoms with E-state index >= 15 is 0 Å². The molecule has 1 aliphatic carbocycles. The van der Waals surface area contributed by atoms with Crippen LogP contribution in [0.1, 0.15) is 19.3 Å². The molecule has 2 bridgehead atoms. The van der Waals surface area contributed by atoms with E-state index in [0.717, 1.165) is 13.1 Å². The van der Waals surface area contributed by atoms with Crippen LogP contribution in [-0.4, -0.2) is 44.7 Å². The first kappa shape index (κ1) is 11.6. The van der Waals surface area contributed by atoms with E-state index in [4.69, 9.17) is 5.73 Å². The van der Waals surface area contributed by atoms with E-state index in [1.165, 1.54) is 12.8 Å². The number of rotatable bonds is 3. The van der Waals surface area contributed by atoms with Gasteiger partial charge in [-0.25, -0.2) is 0 Å². The molecule has 0 aromatic carbocycles. The summed E-state index contributed by atoms with van der Waals surface area (Å²) in [7, 11) is 0. The third-order valence-electron chi connectivity index (χ3n) is 4.31. The molecule has 1 unspecified atom stereocenters. The number of hydrogen-bond acceptors (Lipinski definition) is 4. The van der Waals surface area contributed by atoms with E-state index in [1.54, 1.807) is 12.7 Å². The summed E-state index contributed by atoms with van der Waals surface area (Å²) in [5, 5.41) is 7.46. The lowest BCUT2D eigenvalue weighted by Crippen LogP contribution is -2.50. The van der Waals surface area contributed by atoms with Crippen molar-refractivity contribution in [2.75, 3.05) is 13.1 Å². The Balaban J connectivity index is 1.54. The van der Waals surface area contributed by atoms with Gasteiger partial charge < -0.3 is 15.2 Å². The fraction of sp³-hybridized carbons (Fsp3) is 0.750. The molecule has 1 aromatic rings. The molecule has 1 saturated carbocycles. The molecular weight excluding hydrogens is 230 g/mol. The van der Waals surface area contributed by atoms with Gasteiger partial charge in [0, 0.05) is 32.1 Å². The standard InChI is InChI=1S/C12H19N5O/c13-12-9-1-2-10(12)6-17(5-9)11(18)3-4-16-7-14-15-8-16/h7-10,12H,1-6,13H2/t9-,10+,12?. The van der Waals surface area contributed by atoms with Gasteiger partial charge in [0.25, 0.3) is 0 Å². The maximum absolute atomic E-state index is 12.1. The van der Waals surface area contributed by atoms with Crippen LogP contribution in [0.25, 0.3) is 0 Å². The van der Waals surface area contributed by atoms with Crippen LogP contribution in [0.5, 0.6) is 0 Å². The number of piperidine rings is 1. The van der Waals surface area contributed by atoms with Gasteiger partial charge >= 0.3 is 0 Å². The van der Waals surface area contributed by atoms with Crippen molar-refractivity contribution in [3.8, 4) is 0 Å². The van der Waals surface area contributed by atoms with Crippen molar-refractivity contribution >= 4 is 5.91 Å². The highest BCUT2D eigenvalue weighted by molar-refractivity contribution is 5.76. The fourth-order valence-corrected chi connectivity index (χ4v) is 3.19. The summed E-state index contributed by atoms with van der Waals surface area (Å²) in [6, 6.07) is 0.312. The fourth-order valence-electron chi connectivity index (χ4n) is 3.19. The first-order valence-electron chi connectivity index (χ1n) is 6.60. The largest absolute Gasteiger partial charge is 0.342 e. The van der Waals surface area contributed by atoms with Crippen LogP contribution < -0.4 is 5.73 Å². The molecule has 3 atom stereocenters. The van der Waals surface area contributed by atoms with Crippen molar-refractivity contribution in [2.45, 2.75) is 31.8 Å². The second-order valence-corrected chi connectivity index (χ2v) is 5.42. The second kappa shape index (κ2) is 4.68. The topological polar surface area (TPSA) is 77.0 Å². The van der Waals surface area contributed by atoms with E-state index in [9.17, 15) is 4.79 Å². The lowest BCUT2D eigenvalue weighted by Gasteiger charge is -2.36. The number of fused-ring (bicyclic) bond motifs is 2. The molecular formula is C12H19N5O. The van der Waals surface area contributed by atoms with Crippen molar-refractivity contribution < 1.29 is 4.79 Å². The average molecular weight is 249 g/mol. The van der Waals surface area contributed by atoms with Gasteiger partial charge in [0.1, 0.15) is 12.7 Å². The zero-order valence-corrected chi connectivity index (χ0v) is 10.4. The van der Waals surface area contributed by atoms with Crippen LogP contribution in [0.2, 0.25) is 0 Å². The molecule has 2 aliphatic rings. The Morgan fingerprint density at radius 3 is 2.44 bits per heavy atom. The normalized spacial score (nSPS) is 30.7. The number of nitrogens with zero attached hydrogens (tertiary/aromatic N) is 4. The predicted octanol–water partition coefficient (Wildman–Crippen LogP) is -0.136. The number of carbonyl (C=O) groups excluding carboxylic acids is 1. The molecule has 1 aromatic heterocycles. The number of hydrogen-bond donors (Lipinski definition) is 1. The summed E-state index contributed by atoms with van der Waals surface area (Å²) >= 11 is 0. The smallest absolute Gasteiger partial charge is 0.224 e. The SMILES string of the molecule is NC1[C@@H]2CC[C@H]1CN(C(=O)CCn1cnnc1)C2. The molecule has 6 heteroatoms. The van der Waals surface area contributed by atoms with Crippen molar-refractivity contribution in [1.82, 2.24) is 19.7 Å². The van der Waals surface area contributed by atoms with Gasteiger partial charge in [-0.15, -0.1) is 10.2 Å². The molecule has 18 heavy (non-hydrogen) atoms. The van der Waals surface area contributed by atoms with Gasteiger partial charge in [0.15, 0.2) is 0 Å². The zero-order chi connectivity index (χ0) is 12.5. The molecule has 2 N–H and O–H groups in total. The Morgan fingerprint density at radius 2 is 1.83 bits per heavy atom. The Labute approximate surface area is 106 Å². The highest BCUT2D eigenvalue weighted by atomic mass is 16.2. The maximum Gasteiger partial charge on any atom is 0.224 e. The summed E-state index contributed by atoms with van der Waals surface area (Å²) in [6.45, 7) is 2.35. The Bertz CT molecular complexity index is 404. The number of aromatic nitrogens is 3. The number of amides is 1.